The van der Waals surface area contributed by atoms with Crippen LogP contribution in [0, 0.1) is 0 Å². The van der Waals surface area contributed by atoms with Crippen LogP contribution in [0.15, 0.2) is 0 Å². The molecule has 0 amide bonds. The van der Waals surface area contributed by atoms with E-state index < -0.39 is 0 Å². The molecule has 0 saturated heterocycles. The zero-order valence-electron chi connectivity index (χ0n) is 9.72. The number of hydrogen-bond donors (Lipinski definition) is 1. The quantitative estimate of drug-likeness (QED) is 0.676. The Hall–Kier alpha value is -0.610. The maximum Gasteiger partial charge on any atom is 0.320 e. The summed E-state index contributed by atoms with van der Waals surface area (Å²) in [5.74, 6) is -0.246. The fraction of sp³-hybridized carbons (Fsp3) is 0.900. The molecule has 0 aliphatic carbocycles. The second-order valence-corrected chi connectivity index (χ2v) is 4.36. The average Bonchev–Trinajstić information content (AvgIpc) is 2.00. The van der Waals surface area contributed by atoms with E-state index >= 15 is 0 Å². The lowest BCUT2D eigenvalue weighted by atomic mass is 10.1. The van der Waals surface area contributed by atoms with Crippen molar-refractivity contribution in [3.8, 4) is 0 Å². The first-order valence-electron chi connectivity index (χ1n) is 4.78. The second kappa shape index (κ2) is 5.98. The number of esters is 1. The molecule has 0 saturated carbocycles. The van der Waals surface area contributed by atoms with Crippen molar-refractivity contribution in [2.75, 3.05) is 20.3 Å². The third-order valence-corrected chi connectivity index (χ3v) is 1.50. The van der Waals surface area contributed by atoms with E-state index in [-0.39, 0.29) is 24.2 Å². The van der Waals surface area contributed by atoms with E-state index in [0.717, 1.165) is 0 Å². The lowest BCUT2D eigenvalue weighted by molar-refractivity contribution is -0.149. The number of rotatable bonds is 5. The largest absolute Gasteiger partial charge is 0.459 e. The summed E-state index contributed by atoms with van der Waals surface area (Å²) >= 11 is 0. The van der Waals surface area contributed by atoms with Gasteiger partial charge in [-0.15, -0.1) is 0 Å². The molecule has 0 radical (unpaired) electrons. The number of hydrogen-bond acceptors (Lipinski definition) is 4. The summed E-state index contributed by atoms with van der Waals surface area (Å²) in [4.78, 5) is 11.2. The van der Waals surface area contributed by atoms with Gasteiger partial charge in [-0.25, -0.2) is 0 Å². The Morgan fingerprint density at radius 3 is 2.43 bits per heavy atom. The van der Waals surface area contributed by atoms with E-state index in [0.29, 0.717) is 6.61 Å². The predicted octanol–water partition coefficient (Wildman–Crippen LogP) is 0.953. The number of methoxy groups -OCH3 is 1. The summed E-state index contributed by atoms with van der Waals surface area (Å²) in [7, 11) is 1.58. The first kappa shape index (κ1) is 13.4. The standard InChI is InChI=1S/C10H21NO3/c1-8(7-13-5)14-9(12)6-11-10(2,3)4/h8,11H,6-7H2,1-5H3. The third kappa shape index (κ3) is 8.01. The lowest BCUT2D eigenvalue weighted by Crippen LogP contribution is -2.40. The SMILES string of the molecule is COCC(C)OC(=O)CNC(C)(C)C. The molecule has 0 bridgehead atoms. The van der Waals surface area contributed by atoms with Crippen molar-refractivity contribution in [2.24, 2.45) is 0 Å². The Balaban J connectivity index is 3.65. The highest BCUT2D eigenvalue weighted by atomic mass is 16.6. The molecule has 0 aliphatic rings. The predicted molar refractivity (Wildman–Crippen MR) is 55.2 cm³/mol. The van der Waals surface area contributed by atoms with Gasteiger partial charge in [-0.2, -0.15) is 0 Å². The molecule has 0 heterocycles. The third-order valence-electron chi connectivity index (χ3n) is 1.50. The van der Waals surface area contributed by atoms with Crippen molar-refractivity contribution in [3.63, 3.8) is 0 Å². The van der Waals surface area contributed by atoms with Crippen LogP contribution in [0.5, 0.6) is 0 Å². The molecule has 1 atom stereocenters. The molecule has 0 aliphatic heterocycles. The highest BCUT2D eigenvalue weighted by Gasteiger charge is 2.13. The lowest BCUT2D eigenvalue weighted by Gasteiger charge is -2.20. The van der Waals surface area contributed by atoms with Crippen LogP contribution in [0.3, 0.4) is 0 Å². The highest BCUT2D eigenvalue weighted by molar-refractivity contribution is 5.71. The smallest absolute Gasteiger partial charge is 0.320 e. The van der Waals surface area contributed by atoms with Gasteiger partial charge >= 0.3 is 5.97 Å². The van der Waals surface area contributed by atoms with Crippen molar-refractivity contribution in [2.45, 2.75) is 39.3 Å². The Morgan fingerprint density at radius 2 is 2.00 bits per heavy atom. The van der Waals surface area contributed by atoms with Gasteiger partial charge in [0, 0.05) is 12.6 Å². The van der Waals surface area contributed by atoms with E-state index in [2.05, 4.69) is 5.32 Å². The van der Waals surface area contributed by atoms with Gasteiger partial charge in [0.15, 0.2) is 0 Å². The summed E-state index contributed by atoms with van der Waals surface area (Å²) in [6, 6.07) is 0. The van der Waals surface area contributed by atoms with E-state index in [1.165, 1.54) is 0 Å². The van der Waals surface area contributed by atoms with Gasteiger partial charge in [0.1, 0.15) is 6.10 Å². The van der Waals surface area contributed by atoms with E-state index in [1.807, 2.05) is 20.8 Å². The van der Waals surface area contributed by atoms with Gasteiger partial charge in [0.05, 0.1) is 13.2 Å². The van der Waals surface area contributed by atoms with Crippen LogP contribution in [0.2, 0.25) is 0 Å². The number of nitrogens with one attached hydrogen (secondary N) is 1. The van der Waals surface area contributed by atoms with Gasteiger partial charge in [0.2, 0.25) is 0 Å². The first-order valence-corrected chi connectivity index (χ1v) is 4.78. The minimum atomic E-state index is -0.246. The van der Waals surface area contributed by atoms with Crippen molar-refractivity contribution < 1.29 is 14.3 Å². The topological polar surface area (TPSA) is 47.6 Å². The minimum absolute atomic E-state index is 0.0660. The molecule has 4 nitrogen and oxygen atoms in total. The molecular weight excluding hydrogens is 182 g/mol. The molecule has 4 heteroatoms. The maximum absolute atomic E-state index is 11.2. The number of ether oxygens (including phenoxy) is 2. The van der Waals surface area contributed by atoms with Gasteiger partial charge in [-0.05, 0) is 27.7 Å². The van der Waals surface area contributed by atoms with Crippen LogP contribution in [-0.2, 0) is 14.3 Å². The minimum Gasteiger partial charge on any atom is -0.459 e. The summed E-state index contributed by atoms with van der Waals surface area (Å²) in [6.45, 7) is 8.47. The summed E-state index contributed by atoms with van der Waals surface area (Å²) in [5, 5.41) is 3.05. The molecule has 1 N–H and O–H groups in total. The maximum atomic E-state index is 11.2. The van der Waals surface area contributed by atoms with Crippen LogP contribution in [0.25, 0.3) is 0 Å². The van der Waals surface area contributed by atoms with Crippen molar-refractivity contribution >= 4 is 5.97 Å². The van der Waals surface area contributed by atoms with Crippen LogP contribution in [0.4, 0.5) is 0 Å². The summed E-state index contributed by atoms with van der Waals surface area (Å²) in [5.41, 5.74) is -0.0660. The molecule has 0 rings (SSSR count). The van der Waals surface area contributed by atoms with Gasteiger partial charge < -0.3 is 14.8 Å². The summed E-state index contributed by atoms with van der Waals surface area (Å²) < 4.78 is 9.91. The van der Waals surface area contributed by atoms with Crippen molar-refractivity contribution in [3.05, 3.63) is 0 Å². The highest BCUT2D eigenvalue weighted by Crippen LogP contribution is 1.98. The molecular formula is C10H21NO3. The van der Waals surface area contributed by atoms with Gasteiger partial charge in [-0.1, -0.05) is 0 Å². The van der Waals surface area contributed by atoms with E-state index in [9.17, 15) is 4.79 Å². The molecule has 0 fully saturated rings. The number of carbonyl (C=O) groups is 1. The Labute approximate surface area is 86.0 Å². The van der Waals surface area contributed by atoms with Crippen LogP contribution in [-0.4, -0.2) is 37.9 Å². The van der Waals surface area contributed by atoms with E-state index in [4.69, 9.17) is 9.47 Å². The number of carbonyl (C=O) groups excluding carboxylic acids is 1. The van der Waals surface area contributed by atoms with E-state index in [1.54, 1.807) is 14.0 Å². The monoisotopic (exact) mass is 203 g/mol. The van der Waals surface area contributed by atoms with Crippen molar-refractivity contribution in [1.82, 2.24) is 5.32 Å². The Morgan fingerprint density at radius 1 is 1.43 bits per heavy atom. The molecule has 0 aromatic heterocycles. The molecule has 0 aromatic rings. The molecule has 1 unspecified atom stereocenters. The Kier molecular flexibility index (Phi) is 5.72. The molecule has 0 spiro atoms. The summed E-state index contributed by atoms with van der Waals surface area (Å²) in [6.07, 6.45) is -0.186. The van der Waals surface area contributed by atoms with Crippen LogP contribution < -0.4 is 5.32 Å². The molecule has 14 heavy (non-hydrogen) atoms. The first-order chi connectivity index (χ1) is 6.35. The zero-order valence-corrected chi connectivity index (χ0v) is 9.72. The second-order valence-electron chi connectivity index (χ2n) is 4.36. The fourth-order valence-electron chi connectivity index (χ4n) is 0.872. The fourth-order valence-corrected chi connectivity index (χ4v) is 0.872. The average molecular weight is 203 g/mol. The molecule has 84 valence electrons. The van der Waals surface area contributed by atoms with Gasteiger partial charge in [0.25, 0.3) is 0 Å². The Bertz CT molecular complexity index is 175. The zero-order chi connectivity index (χ0) is 11.2. The van der Waals surface area contributed by atoms with Crippen molar-refractivity contribution in [1.29, 1.82) is 0 Å². The molecule has 0 aromatic carbocycles. The van der Waals surface area contributed by atoms with Crippen LogP contribution >= 0.6 is 0 Å². The van der Waals surface area contributed by atoms with Crippen LogP contribution in [0.1, 0.15) is 27.7 Å². The normalized spacial score (nSPS) is 13.8. The van der Waals surface area contributed by atoms with Gasteiger partial charge in [-0.3, -0.25) is 4.79 Å².